The molecule has 0 amide bonds. The zero-order valence-corrected chi connectivity index (χ0v) is 29.7. The summed E-state index contributed by atoms with van der Waals surface area (Å²) in [6.07, 6.45) is 11.0. The Balaban J connectivity index is -0.000000497. The topological polar surface area (TPSA) is 54.9 Å². The van der Waals surface area contributed by atoms with E-state index in [1.165, 1.54) is 35.8 Å². The van der Waals surface area contributed by atoms with Gasteiger partial charge in [0.05, 0.1) is 4.88 Å². The average Bonchev–Trinajstić information content (AvgIpc) is 3.34. The van der Waals surface area contributed by atoms with Crippen LogP contribution in [0.3, 0.4) is 0 Å². The lowest BCUT2D eigenvalue weighted by atomic mass is 10.0. The van der Waals surface area contributed by atoms with E-state index in [1.807, 2.05) is 87.4 Å². The van der Waals surface area contributed by atoms with Gasteiger partial charge in [0.2, 0.25) is 5.95 Å². The minimum absolute atomic E-state index is 0.165. The van der Waals surface area contributed by atoms with Crippen LogP contribution in [0.1, 0.15) is 128 Å². The third-order valence-corrected chi connectivity index (χ3v) is 7.11. The van der Waals surface area contributed by atoms with Crippen molar-refractivity contribution in [3.05, 3.63) is 76.6 Å². The predicted octanol–water partition coefficient (Wildman–Crippen LogP) is 12.3. The van der Waals surface area contributed by atoms with Gasteiger partial charge in [-0.3, -0.25) is 4.79 Å². The summed E-state index contributed by atoms with van der Waals surface area (Å²) < 4.78 is 1.20. The first-order valence-electron chi connectivity index (χ1n) is 15.5. The van der Waals surface area contributed by atoms with E-state index in [0.29, 0.717) is 5.95 Å². The number of carbonyl (C=O) groups is 1. The number of Topliss-reactive ketones (excluding diaryl/α,β-unsaturated/α-hetero) is 1. The molecule has 3 aromatic rings. The van der Waals surface area contributed by atoms with Crippen LogP contribution in [0.25, 0.3) is 10.1 Å². The van der Waals surface area contributed by atoms with Gasteiger partial charge in [-0.1, -0.05) is 119 Å². The van der Waals surface area contributed by atoms with Gasteiger partial charge in [-0.05, 0) is 69.2 Å². The number of aryl methyl sites for hydroxylation is 3. The van der Waals surface area contributed by atoms with E-state index in [-0.39, 0.29) is 5.78 Å². The molecule has 0 bridgehead atoms. The number of hydrogen-bond acceptors (Lipinski definition) is 5. The Kier molecular flexibility index (Phi) is 28.5. The largest absolute Gasteiger partial charge is 0.325 e. The van der Waals surface area contributed by atoms with Crippen LogP contribution in [0, 0.1) is 26.7 Å². The van der Waals surface area contributed by atoms with Gasteiger partial charge >= 0.3 is 0 Å². The standard InChI is InChI=1S/C11H15N3.C11H10OS.C8H18.3C2H6/c1-5-10(6-2)14-11-12-7-8(3)9(4)13-11;1-7-9-5-3-4-6-10(9)13-11(7)8(2)12;1-4-6-8(3)7-5-2;3*1-2/h5-7H,1H2,2-4H3,(H,12,13,14);3-6H,1-2H3;8H,4-7H2,1-3H3;3*1-2H3/b10-6+;;;;;. The molecule has 1 aromatic carbocycles. The van der Waals surface area contributed by atoms with Gasteiger partial charge in [0.25, 0.3) is 0 Å². The second kappa shape index (κ2) is 27.4. The molecule has 232 valence electrons. The van der Waals surface area contributed by atoms with Gasteiger partial charge in [0, 0.05) is 22.3 Å². The molecule has 0 radical (unpaired) electrons. The molecule has 0 atom stereocenters. The Labute approximate surface area is 257 Å². The van der Waals surface area contributed by atoms with Crippen molar-refractivity contribution < 1.29 is 4.79 Å². The SMILES string of the molecule is C=C/C(=C\C)Nc1ncc(C)c(C)n1.CC.CC.CC.CC(=O)c1sc2ccccc2c1C.CCCC(C)CCC. The summed E-state index contributed by atoms with van der Waals surface area (Å²) in [6, 6.07) is 8.13. The molecule has 2 aromatic heterocycles. The van der Waals surface area contributed by atoms with E-state index in [2.05, 4.69) is 54.8 Å². The van der Waals surface area contributed by atoms with E-state index in [1.54, 1.807) is 30.5 Å². The van der Waals surface area contributed by atoms with Crippen LogP contribution in [-0.2, 0) is 0 Å². The third kappa shape index (κ3) is 17.6. The van der Waals surface area contributed by atoms with Crippen molar-refractivity contribution in [3.8, 4) is 0 Å². The first-order chi connectivity index (χ1) is 19.7. The fraction of sp³-hybridized carbons (Fsp3) is 0.528. The van der Waals surface area contributed by atoms with E-state index < -0.39 is 0 Å². The molecule has 0 saturated carbocycles. The third-order valence-electron chi connectivity index (χ3n) is 5.74. The van der Waals surface area contributed by atoms with Crippen molar-refractivity contribution in [2.75, 3.05) is 5.32 Å². The van der Waals surface area contributed by atoms with E-state index >= 15 is 0 Å². The lowest BCUT2D eigenvalue weighted by molar-refractivity contribution is 0.102. The normalized spacial score (nSPS) is 9.68. The fourth-order valence-corrected chi connectivity index (χ4v) is 4.70. The lowest BCUT2D eigenvalue weighted by Crippen LogP contribution is -2.03. The molecule has 0 fully saturated rings. The molecule has 0 aliphatic carbocycles. The van der Waals surface area contributed by atoms with Crippen LogP contribution < -0.4 is 5.32 Å². The zero-order valence-electron chi connectivity index (χ0n) is 28.9. The molecule has 2 heterocycles. The van der Waals surface area contributed by atoms with Crippen molar-refractivity contribution in [3.63, 3.8) is 0 Å². The summed E-state index contributed by atoms with van der Waals surface area (Å²) in [5.74, 6) is 1.74. The van der Waals surface area contributed by atoms with Crippen LogP contribution in [0.5, 0.6) is 0 Å². The van der Waals surface area contributed by atoms with E-state index in [0.717, 1.165) is 33.3 Å². The monoisotopic (exact) mass is 583 g/mol. The maximum atomic E-state index is 11.2. The highest BCUT2D eigenvalue weighted by Gasteiger charge is 2.10. The molecule has 0 unspecified atom stereocenters. The number of hydrogen-bond donors (Lipinski definition) is 1. The number of ketones is 1. The quantitative estimate of drug-likeness (QED) is 0.212. The lowest BCUT2D eigenvalue weighted by Gasteiger charge is -2.06. The molecular weight excluding hydrogens is 522 g/mol. The number of carbonyl (C=O) groups excluding carboxylic acids is 1. The maximum Gasteiger partial charge on any atom is 0.227 e. The van der Waals surface area contributed by atoms with Crippen LogP contribution >= 0.6 is 11.3 Å². The number of rotatable bonds is 8. The summed E-state index contributed by atoms with van der Waals surface area (Å²) in [5, 5.41) is 4.27. The van der Waals surface area contributed by atoms with Gasteiger partial charge in [0.15, 0.2) is 5.78 Å². The number of anilines is 1. The van der Waals surface area contributed by atoms with Gasteiger partial charge < -0.3 is 5.32 Å². The minimum atomic E-state index is 0.165. The molecule has 3 rings (SSSR count). The van der Waals surface area contributed by atoms with Crippen molar-refractivity contribution in [2.24, 2.45) is 5.92 Å². The fourth-order valence-electron chi connectivity index (χ4n) is 3.60. The second-order valence-electron chi connectivity index (χ2n) is 8.83. The molecular formula is C36H61N3OS. The molecule has 0 spiro atoms. The van der Waals surface area contributed by atoms with Crippen molar-refractivity contribution in [1.82, 2.24) is 9.97 Å². The van der Waals surface area contributed by atoms with Gasteiger partial charge in [-0.25, -0.2) is 9.97 Å². The van der Waals surface area contributed by atoms with Crippen molar-refractivity contribution >= 4 is 33.2 Å². The van der Waals surface area contributed by atoms with E-state index in [4.69, 9.17) is 0 Å². The minimum Gasteiger partial charge on any atom is -0.325 e. The summed E-state index contributed by atoms with van der Waals surface area (Å²) in [6.45, 7) is 32.1. The van der Waals surface area contributed by atoms with Gasteiger partial charge in [-0.2, -0.15) is 0 Å². The highest BCUT2D eigenvalue weighted by atomic mass is 32.1. The highest BCUT2D eigenvalue weighted by molar-refractivity contribution is 7.21. The molecule has 41 heavy (non-hydrogen) atoms. The van der Waals surface area contributed by atoms with Crippen LogP contribution in [0.4, 0.5) is 5.95 Å². The number of allylic oxidation sites excluding steroid dienone is 2. The number of nitrogens with zero attached hydrogens (tertiary/aromatic N) is 2. The molecule has 0 aliphatic heterocycles. The Morgan fingerprint density at radius 1 is 1.00 bits per heavy atom. The van der Waals surface area contributed by atoms with Crippen molar-refractivity contribution in [2.45, 2.75) is 123 Å². The maximum absolute atomic E-state index is 11.2. The second-order valence-corrected chi connectivity index (χ2v) is 9.88. The summed E-state index contributed by atoms with van der Waals surface area (Å²) in [5.41, 5.74) is 4.11. The Morgan fingerprint density at radius 2 is 1.54 bits per heavy atom. The average molecular weight is 584 g/mol. The number of fused-ring (bicyclic) bond motifs is 1. The number of thiophene rings is 1. The summed E-state index contributed by atoms with van der Waals surface area (Å²) >= 11 is 1.58. The van der Waals surface area contributed by atoms with Crippen molar-refractivity contribution in [1.29, 1.82) is 0 Å². The molecule has 4 nitrogen and oxygen atoms in total. The first-order valence-corrected chi connectivity index (χ1v) is 16.3. The summed E-state index contributed by atoms with van der Waals surface area (Å²) in [7, 11) is 0. The number of benzene rings is 1. The smallest absolute Gasteiger partial charge is 0.227 e. The molecule has 0 aliphatic rings. The molecule has 0 saturated heterocycles. The predicted molar refractivity (Wildman–Crippen MR) is 189 cm³/mol. The number of aromatic nitrogens is 2. The Morgan fingerprint density at radius 3 is 1.95 bits per heavy atom. The van der Waals surface area contributed by atoms with Crippen LogP contribution in [-0.4, -0.2) is 15.8 Å². The van der Waals surface area contributed by atoms with Crippen LogP contribution in [0.2, 0.25) is 0 Å². The number of nitrogens with one attached hydrogen (secondary N) is 1. The summed E-state index contributed by atoms with van der Waals surface area (Å²) in [4.78, 5) is 20.6. The molecule has 5 heteroatoms. The van der Waals surface area contributed by atoms with E-state index in [9.17, 15) is 4.79 Å². The van der Waals surface area contributed by atoms with Gasteiger partial charge in [0.1, 0.15) is 0 Å². The van der Waals surface area contributed by atoms with Crippen LogP contribution in [0.15, 0.2) is 54.9 Å². The first kappa shape index (κ1) is 42.7. The highest BCUT2D eigenvalue weighted by Crippen LogP contribution is 2.30. The Bertz CT molecular complexity index is 1110. The Hall–Kier alpha value is -2.79. The van der Waals surface area contributed by atoms with Gasteiger partial charge in [-0.15, -0.1) is 11.3 Å². The molecule has 1 N–H and O–H groups in total. The zero-order chi connectivity index (χ0) is 32.4.